The van der Waals surface area contributed by atoms with Crippen LogP contribution in [0.4, 0.5) is 0 Å². The Morgan fingerprint density at radius 2 is 1.71 bits per heavy atom. The van der Waals surface area contributed by atoms with Gasteiger partial charge in [-0.1, -0.05) is 30.7 Å². The largest absolute Gasteiger partial charge is 0.238 e. The minimum Gasteiger partial charge on any atom is -0.238 e. The van der Waals surface area contributed by atoms with Crippen molar-refractivity contribution in [1.29, 1.82) is 0 Å². The van der Waals surface area contributed by atoms with Crippen molar-refractivity contribution in [3.8, 4) is 11.1 Å². The average Bonchev–Trinajstić information content (AvgIpc) is 2.30. The Labute approximate surface area is 107 Å². The number of halogens is 1. The Bertz CT molecular complexity index is 533. The molecule has 0 spiro atoms. The summed E-state index contributed by atoms with van der Waals surface area (Å²) < 4.78 is 0. The maximum absolute atomic E-state index is 5.91. The van der Waals surface area contributed by atoms with Crippen LogP contribution in [-0.2, 0) is 6.42 Å². The zero-order chi connectivity index (χ0) is 12.4. The maximum atomic E-state index is 5.91. The first-order chi connectivity index (χ1) is 8.11. The first-order valence-electron chi connectivity index (χ1n) is 5.72. The minimum absolute atomic E-state index is 0.748. The van der Waals surface area contributed by atoms with Gasteiger partial charge in [0.1, 0.15) is 5.82 Å². The number of hydrogen-bond donors (Lipinski definition) is 0. The number of rotatable bonds is 2. The van der Waals surface area contributed by atoms with Crippen LogP contribution < -0.4 is 0 Å². The van der Waals surface area contributed by atoms with Gasteiger partial charge in [-0.05, 0) is 38.0 Å². The predicted octanol–water partition coefficient (Wildman–Crippen LogP) is 3.98. The molecular weight excluding hydrogens is 232 g/mol. The van der Waals surface area contributed by atoms with Crippen LogP contribution in [-0.4, -0.2) is 9.97 Å². The molecule has 2 nitrogen and oxygen atoms in total. The molecule has 0 radical (unpaired) electrons. The van der Waals surface area contributed by atoms with Crippen molar-refractivity contribution in [2.45, 2.75) is 27.2 Å². The van der Waals surface area contributed by atoms with Crippen LogP contribution >= 0.6 is 11.6 Å². The fourth-order valence-electron chi connectivity index (χ4n) is 2.03. The van der Waals surface area contributed by atoms with Gasteiger partial charge in [-0.2, -0.15) is 0 Å². The van der Waals surface area contributed by atoms with Crippen molar-refractivity contribution in [1.82, 2.24) is 9.97 Å². The fourth-order valence-corrected chi connectivity index (χ4v) is 2.16. The molecule has 3 heteroatoms. The quantitative estimate of drug-likeness (QED) is 0.801. The van der Waals surface area contributed by atoms with Crippen molar-refractivity contribution >= 4 is 11.6 Å². The SMILES string of the molecule is CCc1nc(C)nc(C)c1-c1ccc(Cl)cc1. The van der Waals surface area contributed by atoms with Crippen LogP contribution in [0.25, 0.3) is 11.1 Å². The molecule has 17 heavy (non-hydrogen) atoms. The molecule has 0 N–H and O–H groups in total. The second-order valence-corrected chi connectivity index (χ2v) is 4.47. The van der Waals surface area contributed by atoms with Crippen molar-refractivity contribution < 1.29 is 0 Å². The molecule has 0 unspecified atom stereocenters. The van der Waals surface area contributed by atoms with Gasteiger partial charge in [-0.15, -0.1) is 0 Å². The highest BCUT2D eigenvalue weighted by Crippen LogP contribution is 2.27. The molecule has 0 aliphatic heterocycles. The van der Waals surface area contributed by atoms with Gasteiger partial charge in [0, 0.05) is 16.3 Å². The number of benzene rings is 1. The Morgan fingerprint density at radius 1 is 1.06 bits per heavy atom. The van der Waals surface area contributed by atoms with Crippen LogP contribution in [0.5, 0.6) is 0 Å². The first kappa shape index (κ1) is 12.1. The maximum Gasteiger partial charge on any atom is 0.125 e. The normalized spacial score (nSPS) is 10.6. The van der Waals surface area contributed by atoms with E-state index in [1.807, 2.05) is 38.1 Å². The highest BCUT2D eigenvalue weighted by Gasteiger charge is 2.10. The lowest BCUT2D eigenvalue weighted by Crippen LogP contribution is -2.01. The van der Waals surface area contributed by atoms with Crippen LogP contribution in [0.1, 0.15) is 24.1 Å². The summed E-state index contributed by atoms with van der Waals surface area (Å²) in [6.07, 6.45) is 0.905. The van der Waals surface area contributed by atoms with Gasteiger partial charge in [0.25, 0.3) is 0 Å². The summed E-state index contributed by atoms with van der Waals surface area (Å²) in [5.74, 6) is 0.831. The fraction of sp³-hybridized carbons (Fsp3) is 0.286. The molecule has 0 atom stereocenters. The van der Waals surface area contributed by atoms with Gasteiger partial charge in [-0.3, -0.25) is 0 Å². The van der Waals surface area contributed by atoms with E-state index in [1.165, 1.54) is 0 Å². The van der Waals surface area contributed by atoms with E-state index in [4.69, 9.17) is 11.6 Å². The number of aromatic nitrogens is 2. The monoisotopic (exact) mass is 246 g/mol. The lowest BCUT2D eigenvalue weighted by molar-refractivity contribution is 0.931. The van der Waals surface area contributed by atoms with Crippen LogP contribution in [0.15, 0.2) is 24.3 Å². The van der Waals surface area contributed by atoms with Gasteiger partial charge >= 0.3 is 0 Å². The summed E-state index contributed by atoms with van der Waals surface area (Å²) >= 11 is 5.91. The highest BCUT2D eigenvalue weighted by molar-refractivity contribution is 6.30. The summed E-state index contributed by atoms with van der Waals surface area (Å²) in [5, 5.41) is 0.748. The molecule has 2 rings (SSSR count). The molecule has 0 aliphatic rings. The molecular formula is C14H15ClN2. The first-order valence-corrected chi connectivity index (χ1v) is 6.09. The molecule has 2 aromatic rings. The second kappa shape index (κ2) is 4.84. The summed E-state index contributed by atoms with van der Waals surface area (Å²) in [6, 6.07) is 7.83. The third-order valence-electron chi connectivity index (χ3n) is 2.74. The third-order valence-corrected chi connectivity index (χ3v) is 3.00. The molecule has 0 fully saturated rings. The summed E-state index contributed by atoms with van der Waals surface area (Å²) in [5.41, 5.74) is 4.38. The third kappa shape index (κ3) is 2.47. The highest BCUT2D eigenvalue weighted by atomic mass is 35.5. The standard InChI is InChI=1S/C14H15ClN2/c1-4-13-14(9(2)16-10(3)17-13)11-5-7-12(15)8-6-11/h5-8H,4H2,1-3H3. The van der Waals surface area contributed by atoms with Gasteiger partial charge in [0.05, 0.1) is 5.69 Å². The molecule has 0 saturated heterocycles. The molecule has 1 aromatic carbocycles. The second-order valence-electron chi connectivity index (χ2n) is 4.04. The van der Waals surface area contributed by atoms with Crippen molar-refractivity contribution in [3.05, 3.63) is 46.5 Å². The van der Waals surface area contributed by atoms with E-state index in [0.29, 0.717) is 0 Å². The van der Waals surface area contributed by atoms with Crippen LogP contribution in [0.3, 0.4) is 0 Å². The zero-order valence-electron chi connectivity index (χ0n) is 10.3. The summed E-state index contributed by atoms with van der Waals surface area (Å²) in [6.45, 7) is 6.07. The summed E-state index contributed by atoms with van der Waals surface area (Å²) in [4.78, 5) is 8.94. The van der Waals surface area contributed by atoms with Crippen molar-refractivity contribution in [2.75, 3.05) is 0 Å². The number of aryl methyl sites for hydroxylation is 3. The van der Waals surface area contributed by atoms with E-state index >= 15 is 0 Å². The molecule has 1 heterocycles. The zero-order valence-corrected chi connectivity index (χ0v) is 11.0. The Morgan fingerprint density at radius 3 is 2.29 bits per heavy atom. The Kier molecular flexibility index (Phi) is 3.43. The predicted molar refractivity (Wildman–Crippen MR) is 71.3 cm³/mol. The van der Waals surface area contributed by atoms with Crippen LogP contribution in [0.2, 0.25) is 5.02 Å². The number of nitrogens with zero attached hydrogens (tertiary/aromatic N) is 2. The molecule has 1 aromatic heterocycles. The van der Waals surface area contributed by atoms with E-state index in [1.54, 1.807) is 0 Å². The molecule has 88 valence electrons. The van der Waals surface area contributed by atoms with Crippen LogP contribution in [0, 0.1) is 13.8 Å². The van der Waals surface area contributed by atoms with E-state index in [9.17, 15) is 0 Å². The van der Waals surface area contributed by atoms with Crippen molar-refractivity contribution in [2.24, 2.45) is 0 Å². The molecule has 0 saturated carbocycles. The summed E-state index contributed by atoms with van der Waals surface area (Å²) in [7, 11) is 0. The molecule has 0 amide bonds. The van der Waals surface area contributed by atoms with Gasteiger partial charge in [-0.25, -0.2) is 9.97 Å². The average molecular weight is 247 g/mol. The van der Waals surface area contributed by atoms with E-state index < -0.39 is 0 Å². The van der Waals surface area contributed by atoms with E-state index in [2.05, 4.69) is 16.9 Å². The minimum atomic E-state index is 0.748. The number of hydrogen-bond acceptors (Lipinski definition) is 2. The Hall–Kier alpha value is -1.41. The molecule has 0 aliphatic carbocycles. The lowest BCUT2D eigenvalue weighted by atomic mass is 10.0. The van der Waals surface area contributed by atoms with Gasteiger partial charge in [0.2, 0.25) is 0 Å². The topological polar surface area (TPSA) is 25.8 Å². The van der Waals surface area contributed by atoms with Gasteiger partial charge < -0.3 is 0 Å². The smallest absolute Gasteiger partial charge is 0.125 e. The van der Waals surface area contributed by atoms with Gasteiger partial charge in [0.15, 0.2) is 0 Å². The Balaban J connectivity index is 2.61. The van der Waals surface area contributed by atoms with Crippen molar-refractivity contribution in [3.63, 3.8) is 0 Å². The van der Waals surface area contributed by atoms with E-state index in [0.717, 1.165) is 39.8 Å². The molecule has 0 bridgehead atoms. The van der Waals surface area contributed by atoms with E-state index in [-0.39, 0.29) is 0 Å². The lowest BCUT2D eigenvalue weighted by Gasteiger charge is -2.11.